The van der Waals surface area contributed by atoms with Crippen molar-refractivity contribution >= 4 is 0 Å². The summed E-state index contributed by atoms with van der Waals surface area (Å²) in [5.74, 6) is 6.78. The second kappa shape index (κ2) is 7.00. The Morgan fingerprint density at radius 1 is 1.63 bits per heavy atom. The molecule has 0 saturated carbocycles. The van der Waals surface area contributed by atoms with Crippen LogP contribution in [0.5, 0.6) is 0 Å². The largest absolute Gasteiger partial charge is 0.374 e. The van der Waals surface area contributed by atoms with E-state index in [1.165, 1.54) is 0 Å². The van der Waals surface area contributed by atoms with Crippen LogP contribution in [-0.4, -0.2) is 53.3 Å². The number of nitrogens with two attached hydrogens (primary N) is 1. The van der Waals surface area contributed by atoms with E-state index in [0.29, 0.717) is 0 Å². The second-order valence-corrected chi connectivity index (χ2v) is 5.19. The molecule has 2 unspecified atom stereocenters. The normalized spacial score (nSPS) is 22.6. The van der Waals surface area contributed by atoms with E-state index in [0.717, 1.165) is 44.9 Å². The van der Waals surface area contributed by atoms with Crippen LogP contribution in [0, 0.1) is 0 Å². The summed E-state index contributed by atoms with van der Waals surface area (Å²) < 4.78 is 8.02. The fourth-order valence-corrected chi connectivity index (χ4v) is 2.52. The minimum atomic E-state index is 0.0979. The molecule has 0 aromatic carbocycles. The van der Waals surface area contributed by atoms with Crippen molar-refractivity contribution in [1.29, 1.82) is 0 Å². The molecule has 1 aliphatic rings. The lowest BCUT2D eigenvalue weighted by atomic mass is 10.1. The van der Waals surface area contributed by atoms with Crippen LogP contribution >= 0.6 is 0 Å². The highest BCUT2D eigenvalue weighted by Crippen LogP contribution is 2.12. The van der Waals surface area contributed by atoms with Crippen LogP contribution in [0.2, 0.25) is 0 Å². The van der Waals surface area contributed by atoms with Gasteiger partial charge in [-0.25, -0.2) is 4.98 Å². The van der Waals surface area contributed by atoms with Crippen molar-refractivity contribution in [3.8, 4) is 0 Å². The standard InChI is InChI=1S/C13H25N5O/c1-3-5-18-6-4-15-13(18)9-11(16-14)12-10-17(2)7-8-19-12/h4,6,11-12,16H,3,5,7-10,14H2,1-2H3. The highest BCUT2D eigenvalue weighted by molar-refractivity contribution is 4.98. The first-order valence-electron chi connectivity index (χ1n) is 7.01. The first-order chi connectivity index (χ1) is 9.24. The van der Waals surface area contributed by atoms with Gasteiger partial charge < -0.3 is 14.2 Å². The smallest absolute Gasteiger partial charge is 0.110 e. The van der Waals surface area contributed by atoms with E-state index in [-0.39, 0.29) is 12.1 Å². The zero-order valence-electron chi connectivity index (χ0n) is 11.9. The highest BCUT2D eigenvalue weighted by Gasteiger charge is 2.27. The van der Waals surface area contributed by atoms with Gasteiger partial charge >= 0.3 is 0 Å². The van der Waals surface area contributed by atoms with Gasteiger partial charge in [0.1, 0.15) is 5.82 Å². The van der Waals surface area contributed by atoms with Gasteiger partial charge in [-0.1, -0.05) is 6.92 Å². The third-order valence-corrected chi connectivity index (χ3v) is 3.63. The maximum atomic E-state index is 5.83. The number of nitrogens with zero attached hydrogens (tertiary/aromatic N) is 3. The molecule has 1 fully saturated rings. The SMILES string of the molecule is CCCn1ccnc1CC(NN)C1CN(C)CCO1. The predicted octanol–water partition coefficient (Wildman–Crippen LogP) is -0.00190. The van der Waals surface area contributed by atoms with E-state index >= 15 is 0 Å². The number of hydrogen-bond donors (Lipinski definition) is 2. The maximum absolute atomic E-state index is 5.83. The summed E-state index contributed by atoms with van der Waals surface area (Å²) in [6, 6.07) is 0.0979. The lowest BCUT2D eigenvalue weighted by Crippen LogP contribution is -2.54. The number of hydrazine groups is 1. The van der Waals surface area contributed by atoms with Gasteiger partial charge in [0.25, 0.3) is 0 Å². The Hall–Kier alpha value is -0.950. The zero-order valence-corrected chi connectivity index (χ0v) is 11.9. The first-order valence-corrected chi connectivity index (χ1v) is 7.01. The molecule has 1 saturated heterocycles. The fraction of sp³-hybridized carbons (Fsp3) is 0.769. The Labute approximate surface area is 114 Å². The number of rotatable bonds is 6. The van der Waals surface area contributed by atoms with Crippen LogP contribution < -0.4 is 11.3 Å². The minimum Gasteiger partial charge on any atom is -0.374 e. The number of likely N-dealkylation sites (N-methyl/N-ethyl adjacent to an activating group) is 1. The van der Waals surface area contributed by atoms with E-state index in [2.05, 4.69) is 33.8 Å². The van der Waals surface area contributed by atoms with Gasteiger partial charge in [0.05, 0.1) is 18.8 Å². The summed E-state index contributed by atoms with van der Waals surface area (Å²) in [5, 5.41) is 0. The molecule has 1 aromatic heterocycles. The quantitative estimate of drug-likeness (QED) is 0.561. The molecule has 3 N–H and O–H groups in total. The van der Waals surface area contributed by atoms with E-state index in [9.17, 15) is 0 Å². The molecule has 2 rings (SSSR count). The van der Waals surface area contributed by atoms with Gasteiger partial charge in [-0.15, -0.1) is 0 Å². The topological polar surface area (TPSA) is 68.3 Å². The first kappa shape index (κ1) is 14.5. The Morgan fingerprint density at radius 2 is 2.47 bits per heavy atom. The molecule has 6 nitrogen and oxygen atoms in total. The monoisotopic (exact) mass is 267 g/mol. The van der Waals surface area contributed by atoms with Gasteiger partial charge in [-0.2, -0.15) is 0 Å². The van der Waals surface area contributed by atoms with Gasteiger partial charge in [0, 0.05) is 38.4 Å². The highest BCUT2D eigenvalue weighted by atomic mass is 16.5. The van der Waals surface area contributed by atoms with Crippen molar-refractivity contribution in [3.63, 3.8) is 0 Å². The van der Waals surface area contributed by atoms with Crippen molar-refractivity contribution in [2.45, 2.75) is 38.5 Å². The Morgan fingerprint density at radius 3 is 3.16 bits per heavy atom. The average Bonchev–Trinajstić information content (AvgIpc) is 2.84. The lowest BCUT2D eigenvalue weighted by molar-refractivity contribution is -0.0388. The molecule has 19 heavy (non-hydrogen) atoms. The Kier molecular flexibility index (Phi) is 5.33. The summed E-state index contributed by atoms with van der Waals surface area (Å²) in [7, 11) is 2.11. The summed E-state index contributed by atoms with van der Waals surface area (Å²) >= 11 is 0. The number of morpholine rings is 1. The molecule has 0 amide bonds. The lowest BCUT2D eigenvalue weighted by Gasteiger charge is -2.34. The van der Waals surface area contributed by atoms with Gasteiger partial charge in [-0.05, 0) is 13.5 Å². The third kappa shape index (κ3) is 3.76. The molecular formula is C13H25N5O. The number of nitrogens with one attached hydrogen (secondary N) is 1. The third-order valence-electron chi connectivity index (χ3n) is 3.63. The summed E-state index contributed by atoms with van der Waals surface area (Å²) in [4.78, 5) is 6.71. The average molecular weight is 267 g/mol. The van der Waals surface area contributed by atoms with Crippen molar-refractivity contribution < 1.29 is 4.74 Å². The predicted molar refractivity (Wildman–Crippen MR) is 74.6 cm³/mol. The number of hydrogen-bond acceptors (Lipinski definition) is 5. The number of aryl methyl sites for hydroxylation is 1. The Balaban J connectivity index is 1.99. The summed E-state index contributed by atoms with van der Waals surface area (Å²) in [5.41, 5.74) is 2.89. The summed E-state index contributed by atoms with van der Waals surface area (Å²) in [6.07, 6.45) is 5.90. The van der Waals surface area contributed by atoms with E-state index in [4.69, 9.17) is 10.6 Å². The van der Waals surface area contributed by atoms with Crippen molar-refractivity contribution in [3.05, 3.63) is 18.2 Å². The molecule has 2 atom stereocenters. The van der Waals surface area contributed by atoms with Crippen LogP contribution in [0.1, 0.15) is 19.2 Å². The van der Waals surface area contributed by atoms with Crippen LogP contribution in [0.15, 0.2) is 12.4 Å². The van der Waals surface area contributed by atoms with Gasteiger partial charge in [-0.3, -0.25) is 11.3 Å². The second-order valence-electron chi connectivity index (χ2n) is 5.19. The summed E-state index contributed by atoms with van der Waals surface area (Å²) in [6.45, 7) is 5.82. The molecule has 108 valence electrons. The van der Waals surface area contributed by atoms with Crippen LogP contribution in [-0.2, 0) is 17.7 Å². The molecule has 6 heteroatoms. The van der Waals surface area contributed by atoms with Gasteiger partial charge in [0.15, 0.2) is 0 Å². The van der Waals surface area contributed by atoms with Crippen LogP contribution in [0.25, 0.3) is 0 Å². The minimum absolute atomic E-state index is 0.0979. The Bertz CT molecular complexity index is 381. The van der Waals surface area contributed by atoms with Crippen LogP contribution in [0.4, 0.5) is 0 Å². The molecule has 0 spiro atoms. The maximum Gasteiger partial charge on any atom is 0.110 e. The molecule has 0 bridgehead atoms. The van der Waals surface area contributed by atoms with Crippen LogP contribution in [0.3, 0.4) is 0 Å². The molecule has 1 aliphatic heterocycles. The molecule has 2 heterocycles. The number of aromatic nitrogens is 2. The van der Waals surface area contributed by atoms with Crippen molar-refractivity contribution in [2.75, 3.05) is 26.7 Å². The fourth-order valence-electron chi connectivity index (χ4n) is 2.52. The van der Waals surface area contributed by atoms with E-state index < -0.39 is 0 Å². The molecule has 0 radical (unpaired) electrons. The molecular weight excluding hydrogens is 242 g/mol. The molecule has 1 aromatic rings. The van der Waals surface area contributed by atoms with Crippen molar-refractivity contribution in [2.24, 2.45) is 5.84 Å². The van der Waals surface area contributed by atoms with E-state index in [1.54, 1.807) is 0 Å². The molecule has 0 aliphatic carbocycles. The zero-order chi connectivity index (χ0) is 13.7. The van der Waals surface area contributed by atoms with Crippen molar-refractivity contribution in [1.82, 2.24) is 19.9 Å². The number of ether oxygens (including phenoxy) is 1. The van der Waals surface area contributed by atoms with Gasteiger partial charge in [0.2, 0.25) is 0 Å². The number of imidazole rings is 1. The van der Waals surface area contributed by atoms with E-state index in [1.807, 2.05) is 12.4 Å².